The van der Waals surface area contributed by atoms with Gasteiger partial charge in [0.1, 0.15) is 49.5 Å². The minimum Gasteiger partial charge on any atom is -0.412 e. The van der Waals surface area contributed by atoms with E-state index in [2.05, 4.69) is 238 Å². The number of nitrogens with zero attached hydrogens (tertiary/aromatic N) is 3. The van der Waals surface area contributed by atoms with Gasteiger partial charge >= 0.3 is 8.00 Å². The first-order valence-corrected chi connectivity index (χ1v) is 52.6. The Bertz CT molecular complexity index is 2250. The molecule has 4 aliphatic rings. The zero-order chi connectivity index (χ0) is 76.4. The van der Waals surface area contributed by atoms with E-state index >= 15 is 0 Å². The highest BCUT2D eigenvalue weighted by atomic mass is 35.5. The maximum atomic E-state index is 10.3. The fourth-order valence-electron chi connectivity index (χ4n) is 9.69. The summed E-state index contributed by atoms with van der Waals surface area (Å²) in [7, 11) is -4.35. The van der Waals surface area contributed by atoms with Crippen LogP contribution in [0.2, 0.25) is 72.5 Å². The van der Waals surface area contributed by atoms with Crippen LogP contribution in [0.15, 0.2) is 0 Å². The number of nitrogens with two attached hydrogens (primary N) is 1. The lowest BCUT2D eigenvalue weighted by molar-refractivity contribution is 0.0182. The lowest BCUT2D eigenvalue weighted by Crippen LogP contribution is -2.50. The SMILES string of the molecule is CCl.CNC[C@H]1O[C@@H](C)C(O[Si](C)(C)C(C)(C)C)[C@H]1O.CP(C)C.C[C@@H]1O[C@H](CN)[C@H](O)C1O[Si](C)(C)C(C)(C)C.O.[C-]#[N+]CCOP(O[C@@H]1C(O[Si](C)(C)C(C)(C)C)[C@H](C)O[C@@H]1CNC)N(C(C)C)C(C)C.[C-]#[N+]CCO[P+](=C)O[C@@H]1C(O[Si](C)(C)C(C)(C)C)[C@H](C)O[C@@H]1CNC. The predicted molar refractivity (Wildman–Crippen MR) is 426 cm³/mol. The molecule has 30 heteroatoms. The number of alkyl halides is 1. The third-order valence-electron chi connectivity index (χ3n) is 19.2. The highest BCUT2D eigenvalue weighted by Gasteiger charge is 2.54. The van der Waals surface area contributed by atoms with Crippen molar-refractivity contribution in [3.8, 4) is 0 Å². The number of aliphatic hydroxyl groups is 2. The van der Waals surface area contributed by atoms with Gasteiger partial charge in [-0.2, -0.15) is 0 Å². The molecule has 22 nitrogen and oxygen atoms in total. The summed E-state index contributed by atoms with van der Waals surface area (Å²) in [5.41, 5.74) is 5.57. The molecule has 0 aromatic rings. The molecule has 0 spiro atoms. The summed E-state index contributed by atoms with van der Waals surface area (Å²) in [6, 6.07) is 0.502. The third-order valence-corrected chi connectivity index (χ3v) is 40.1. The molecule has 0 radical (unpaired) electrons. The zero-order valence-corrected chi connectivity index (χ0v) is 75.6. The van der Waals surface area contributed by atoms with Gasteiger partial charge in [0.25, 0.3) is 8.53 Å². The number of hydrogen-bond donors (Lipinski definition) is 6. The molecule has 0 saturated carbocycles. The zero-order valence-electron chi connectivity index (χ0n) is 68.2. The molecule has 4 fully saturated rings. The minimum absolute atomic E-state index is 0. The second kappa shape index (κ2) is 46.6. The average molecular weight is 1550 g/mol. The molecule has 9 N–H and O–H groups in total. The van der Waals surface area contributed by atoms with Gasteiger partial charge in [-0.1, -0.05) is 83.1 Å². The molecule has 0 aliphatic carbocycles. The molecular weight excluding hydrogens is 1400 g/mol. The van der Waals surface area contributed by atoms with E-state index in [1.54, 1.807) is 0 Å². The summed E-state index contributed by atoms with van der Waals surface area (Å²) < 4.78 is 76.7. The molecule has 4 heterocycles. The van der Waals surface area contributed by atoms with Gasteiger partial charge in [-0.25, -0.2) is 17.8 Å². The van der Waals surface area contributed by atoms with E-state index in [1.165, 1.54) is 6.38 Å². The Balaban J connectivity index is -0.00000122. The van der Waals surface area contributed by atoms with Gasteiger partial charge < -0.3 is 92.8 Å². The molecule has 4 saturated heterocycles. The number of aliphatic hydroxyl groups excluding tert-OH is 2. The van der Waals surface area contributed by atoms with Gasteiger partial charge in [0.05, 0.1) is 54.9 Å². The number of ether oxygens (including phenoxy) is 4. The van der Waals surface area contributed by atoms with Crippen LogP contribution in [0.25, 0.3) is 9.69 Å². The summed E-state index contributed by atoms with van der Waals surface area (Å²) in [6.45, 7) is 85.4. The van der Waals surface area contributed by atoms with Crippen LogP contribution in [-0.2, 0) is 54.7 Å². The van der Waals surface area contributed by atoms with E-state index in [9.17, 15) is 10.2 Å². The van der Waals surface area contributed by atoms with Crippen molar-refractivity contribution in [1.82, 2.24) is 20.6 Å². The standard InChI is InChI=1S/C22H46N3O4PSi.C17H34N2O4PSi.C13H29NO3Si.C12H27NO3Si.C3H9P.CH3Cl.H2O/c1-16(2)25(17(3)4)30(26-14-13-23-9)28-21-19(15-24-10)27-18(5)20(21)29-31(11,12)22(6,7)8;1-13-15(23-25(8,9)17(2,3)4)16(14(21-13)12-19-6)22-24(7)20-11-10-18-5;1-9-12(11(15)10(16-9)8-14-5)17-18(6,7)13(2,3)4;1-8-11(10(14)9(7-13)15-8)16-17(5,6)12(2,3)4;1-4(2)3;1-2;/h16-21,24H,13-15H2,1-8,10-12H3;13-16,19H,7,10-12H2,1-4,6,8-9H3;9-12,14-15H,8H2,1-7H3;8-11,14H,7,13H2,1-6H3;1-3H3;1H3;1H2/q;+1;;;;;/t18-,19+,20?,21-,30?;13-,14+,15?,16-;9-,10+,11-,12?;8-,9+,10-,11?;;;/m0000.../s1. The van der Waals surface area contributed by atoms with E-state index in [4.69, 9.17) is 73.6 Å². The fraction of sp³-hybridized carbons (Fsp3) is 0.956. The third kappa shape index (κ3) is 33.7. The monoisotopic (exact) mass is 1540 g/mol. The molecule has 98 heavy (non-hydrogen) atoms. The maximum Gasteiger partial charge on any atom is 0.423 e. The topological polar surface area (TPSA) is 257 Å². The average Bonchev–Trinajstić information content (AvgIpc) is 1.63. The quantitative estimate of drug-likeness (QED) is 0.0140. The minimum atomic E-state index is -2.03. The first-order chi connectivity index (χ1) is 44.2. The van der Waals surface area contributed by atoms with Crippen LogP contribution in [-0.4, -0.2) is 270 Å². The van der Waals surface area contributed by atoms with Gasteiger partial charge in [0.15, 0.2) is 46.0 Å². The lowest BCUT2D eigenvalue weighted by Gasteiger charge is -2.42. The molecule has 6 unspecified atom stereocenters. The van der Waals surface area contributed by atoms with Crippen LogP contribution in [0.4, 0.5) is 0 Å². The summed E-state index contributed by atoms with van der Waals surface area (Å²) in [4.78, 5) is 6.73. The van der Waals surface area contributed by atoms with Gasteiger partial charge in [-0.15, -0.1) is 28.6 Å². The number of hydrogen-bond acceptors (Lipinski definition) is 19. The lowest BCUT2D eigenvalue weighted by atomic mass is 10.1. The molecule has 584 valence electrons. The molecule has 4 aliphatic heterocycles. The van der Waals surface area contributed by atoms with E-state index in [0.29, 0.717) is 60.4 Å². The number of nitrogens with one attached hydrogen (secondary N) is 3. The second-order valence-corrected chi connectivity index (χ2v) is 57.1. The van der Waals surface area contributed by atoms with Crippen molar-refractivity contribution in [2.75, 3.05) is 100 Å². The van der Waals surface area contributed by atoms with E-state index in [0.717, 1.165) is 0 Å². The van der Waals surface area contributed by atoms with Gasteiger partial charge in [0.2, 0.25) is 13.1 Å². The summed E-state index contributed by atoms with van der Waals surface area (Å²) >= 11 is 4.64. The summed E-state index contributed by atoms with van der Waals surface area (Å²) in [5, 5.41) is 30.4. The molecule has 0 bridgehead atoms. The van der Waals surface area contributed by atoms with Crippen LogP contribution in [0.1, 0.15) is 138 Å². The summed E-state index contributed by atoms with van der Waals surface area (Å²) in [5.74, 6) is 0. The number of halogens is 1. The molecule has 0 aromatic heterocycles. The number of likely N-dealkylation sites (N-methyl/N-ethyl adjacent to an activating group) is 3. The van der Waals surface area contributed by atoms with E-state index in [-0.39, 0.29) is 123 Å². The summed E-state index contributed by atoms with van der Waals surface area (Å²) in [6.07, 6.45) is 2.13. The first-order valence-electron chi connectivity index (χ1n) is 35.0. The van der Waals surface area contributed by atoms with E-state index in [1.807, 2.05) is 41.9 Å². The van der Waals surface area contributed by atoms with Gasteiger partial charge in [0, 0.05) is 44.6 Å². The van der Waals surface area contributed by atoms with Crippen molar-refractivity contribution >= 4 is 75.6 Å². The van der Waals surface area contributed by atoms with Crippen molar-refractivity contribution in [1.29, 1.82) is 0 Å². The smallest absolute Gasteiger partial charge is 0.412 e. The second-order valence-electron chi connectivity index (χ2n) is 32.8. The van der Waals surface area contributed by atoms with Crippen LogP contribution >= 0.6 is 36.0 Å². The molecule has 0 amide bonds. The molecule has 4 rings (SSSR count). The fourth-order valence-corrected chi connectivity index (χ4v) is 17.8. The first kappa shape index (κ1) is 103. The Labute approximate surface area is 612 Å². The normalized spacial score (nSPS) is 28.2. The van der Waals surface area contributed by atoms with Crippen molar-refractivity contribution in [2.45, 2.75) is 321 Å². The predicted octanol–water partition coefficient (Wildman–Crippen LogP) is 13.1. The maximum absolute atomic E-state index is 10.3. The molecule has 0 aromatic carbocycles. The Hall–Kier alpha value is 0.368. The highest BCUT2D eigenvalue weighted by molar-refractivity contribution is 7.55. The Kier molecular flexibility index (Phi) is 48.7. The van der Waals surface area contributed by atoms with Gasteiger partial charge in [-0.05, 0) is 169 Å². The van der Waals surface area contributed by atoms with Crippen molar-refractivity contribution in [3.63, 3.8) is 0 Å². The Morgan fingerprint density at radius 2 is 0.827 bits per heavy atom. The van der Waals surface area contributed by atoms with Crippen LogP contribution in [0.3, 0.4) is 0 Å². The van der Waals surface area contributed by atoms with Crippen LogP contribution < -0.4 is 21.7 Å². The van der Waals surface area contributed by atoms with Crippen molar-refractivity contribution < 1.29 is 70.4 Å². The van der Waals surface area contributed by atoms with Gasteiger partial charge in [-0.3, -0.25) is 0 Å². The van der Waals surface area contributed by atoms with Crippen molar-refractivity contribution in [3.05, 3.63) is 22.8 Å². The van der Waals surface area contributed by atoms with Crippen molar-refractivity contribution in [2.24, 2.45) is 5.73 Å². The van der Waals surface area contributed by atoms with Crippen LogP contribution in [0, 0.1) is 13.1 Å². The largest absolute Gasteiger partial charge is 0.423 e. The highest BCUT2D eigenvalue weighted by Crippen LogP contribution is 2.51. The molecule has 18 atom stereocenters. The van der Waals surface area contributed by atoms with E-state index < -0.39 is 62.0 Å². The van der Waals surface area contributed by atoms with Crippen LogP contribution in [0.5, 0.6) is 0 Å². The Morgan fingerprint density at radius 1 is 0.541 bits per heavy atom. The molecular formula is C68H150ClN7O15P3Si4+. The number of rotatable bonds is 28. The Morgan fingerprint density at radius 3 is 1.14 bits per heavy atom.